The Morgan fingerprint density at radius 1 is 0.331 bits per heavy atom. The van der Waals surface area contributed by atoms with E-state index in [1.807, 2.05) is 44.2 Å². The lowest BCUT2D eigenvalue weighted by Crippen LogP contribution is -2.35. The van der Waals surface area contributed by atoms with Gasteiger partial charge in [0.15, 0.2) is 0 Å². The first-order valence-electron chi connectivity index (χ1n) is 47.9. The number of carbonyl (C=O) groups excluding carboxylic acids is 2. The third-order valence-corrected chi connectivity index (χ3v) is 25.9. The minimum Gasteiger partial charge on any atom is -0.371 e. The van der Waals surface area contributed by atoms with E-state index < -0.39 is 0 Å². The average molecular weight is 1760 g/mol. The zero-order valence-electron chi connectivity index (χ0n) is 81.7. The minimum absolute atomic E-state index is 0.0934. The molecule has 10 heterocycles. The molecular formula is C117H148N10O2S. The number of aromatic nitrogens is 2. The van der Waals surface area contributed by atoms with Gasteiger partial charge in [0.25, 0.3) is 11.1 Å². The van der Waals surface area contributed by atoms with Gasteiger partial charge in [0.1, 0.15) is 0 Å². The van der Waals surface area contributed by atoms with Gasteiger partial charge >= 0.3 is 0 Å². The summed E-state index contributed by atoms with van der Waals surface area (Å²) in [6, 6.07) is 94.7. The molecular weight excluding hydrogens is 1610 g/mol. The number of amides is 2. The zero-order valence-corrected chi connectivity index (χ0v) is 82.5. The van der Waals surface area contributed by atoms with Crippen LogP contribution in [0.1, 0.15) is 218 Å². The van der Waals surface area contributed by atoms with E-state index in [-0.39, 0.29) is 17.2 Å². The molecule has 8 aliphatic heterocycles. The fourth-order valence-electron chi connectivity index (χ4n) is 17.4. The van der Waals surface area contributed by atoms with Crippen molar-refractivity contribution in [2.45, 2.75) is 257 Å². The van der Waals surface area contributed by atoms with Crippen LogP contribution in [0.25, 0.3) is 39.9 Å². The van der Waals surface area contributed by atoms with Crippen LogP contribution < -0.4 is 19.6 Å². The summed E-state index contributed by atoms with van der Waals surface area (Å²) in [6.45, 7) is 53.0. The van der Waals surface area contributed by atoms with Crippen molar-refractivity contribution < 1.29 is 9.59 Å². The van der Waals surface area contributed by atoms with Gasteiger partial charge < -0.3 is 33.6 Å². The Morgan fingerprint density at radius 2 is 0.808 bits per heavy atom. The molecule has 0 bridgehead atoms. The summed E-state index contributed by atoms with van der Waals surface area (Å²) in [4.78, 5) is 42.5. The van der Waals surface area contributed by atoms with Crippen LogP contribution in [0.3, 0.4) is 0 Å². The number of hydrogen-bond donors (Lipinski definition) is 0. The number of aryl methyl sites for hydroxylation is 1. The Balaban J connectivity index is 0.000000140. The molecule has 13 heteroatoms. The van der Waals surface area contributed by atoms with Crippen molar-refractivity contribution in [2.24, 2.45) is 0 Å². The molecule has 2 amide bonds. The highest BCUT2D eigenvalue weighted by atomic mass is 32.2. The SMILES string of the molecule is CC(C)N1C(=O)S/C(=C/c2ccccc2)C1=O.CC(C)N1C=CCc2ccccc21.CC(C)N1C=Cc2ccccc2C1.CC(C)N1CC=Cc2ccccc21.CC(C)N1CCCc2ccccc21.CC(C)N1CCc2ccccc21.CC(C)N1CCc2ccccc2C1.CC(C)N1Cc2ccccc2C1.CC(C)n1cc2ccccc2c1.CC(C)n1ccc2ccccc21. The van der Waals surface area contributed by atoms with E-state index in [0.717, 1.165) is 56.5 Å². The molecule has 20 rings (SSSR count). The average Bonchev–Trinajstić information content (AvgIpc) is 1.75. The van der Waals surface area contributed by atoms with E-state index in [4.69, 9.17) is 0 Å². The highest BCUT2D eigenvalue weighted by Gasteiger charge is 2.37. The number of imide groups is 1. The van der Waals surface area contributed by atoms with Gasteiger partial charge in [-0.15, -0.1) is 0 Å². The standard InChI is InChI=1S/C13H13NO2S.C12H17N.2C12H15N.C12H17N.C12H15N.C11H15N.C11H13N.C11H15N.C11H13N/c1-9(2)14-12(15)11(17-13(14)16)8-10-6-4-3-5-7-10;3*1-10(2)13-9-5-7-11-6-3-4-8-12(11)13;2*1-10(2)13-8-7-11-5-3-4-6-12(11)9-13;2*1-9(2)12-7-10-5-3-4-6-11(10)8-12;2*1-9(2)12-8-7-10-5-3-4-6-11(10)12/h3-9H,1-2H3;3-4,6,8,10H,5,7,9H2,1-2H3;3-6,8-10H,7H2,1-2H3;3-8,10H,9H2,1-2H3;3-6,10H,7-9H2,1-2H3;3-8,10H,9H2,1-2H3;3-6,9H,7-8H2,1-2H3;3-9H,1-2H3;3-6,9H,7-8H2,1-2H3;3-9H,1-2H3/b11-8+;;;;;;;;;. The number of fused-ring (bicyclic) bond motifs is 9. The second-order valence-corrected chi connectivity index (χ2v) is 38.6. The predicted octanol–water partition coefficient (Wildman–Crippen LogP) is 28.5. The Hall–Kier alpha value is -11.4. The van der Waals surface area contributed by atoms with E-state index in [9.17, 15) is 9.59 Å². The van der Waals surface area contributed by atoms with Gasteiger partial charge in [-0.25, -0.2) is 0 Å². The first-order valence-corrected chi connectivity index (χ1v) is 48.8. The van der Waals surface area contributed by atoms with Crippen molar-refractivity contribution in [1.29, 1.82) is 0 Å². The second-order valence-electron chi connectivity index (χ2n) is 37.6. The van der Waals surface area contributed by atoms with Gasteiger partial charge in [-0.05, 0) is 308 Å². The molecule has 1 fully saturated rings. The van der Waals surface area contributed by atoms with E-state index >= 15 is 0 Å². The molecule has 0 N–H and O–H groups in total. The first-order chi connectivity index (χ1) is 62.6. The van der Waals surface area contributed by atoms with Crippen molar-refractivity contribution >= 4 is 85.6 Å². The quantitative estimate of drug-likeness (QED) is 0.117. The zero-order chi connectivity index (χ0) is 92.9. The molecule has 130 heavy (non-hydrogen) atoms. The summed E-state index contributed by atoms with van der Waals surface area (Å²) >= 11 is 1.00. The molecule has 0 atom stereocenters. The number of nitrogens with zero attached hydrogens (tertiary/aromatic N) is 10. The first kappa shape index (κ1) is 99.2. The number of thioether (sulfide) groups is 1. The van der Waals surface area contributed by atoms with Crippen LogP contribution in [-0.4, -0.2) is 114 Å². The summed E-state index contributed by atoms with van der Waals surface area (Å²) in [6.07, 6.45) is 27.6. The highest BCUT2D eigenvalue weighted by Crippen LogP contribution is 2.36. The number of benzene rings is 10. The molecule has 684 valence electrons. The summed E-state index contributed by atoms with van der Waals surface area (Å²) in [7, 11) is 0. The molecule has 0 radical (unpaired) electrons. The third-order valence-electron chi connectivity index (χ3n) is 25.0. The summed E-state index contributed by atoms with van der Waals surface area (Å²) in [5, 5.41) is 3.79. The topological polar surface area (TPSA) is 69.9 Å². The van der Waals surface area contributed by atoms with Crippen molar-refractivity contribution in [1.82, 2.24) is 28.7 Å². The lowest BCUT2D eigenvalue weighted by molar-refractivity contribution is -0.123. The lowest BCUT2D eigenvalue weighted by atomic mass is 9.99. The number of allylic oxidation sites excluding steroid dienone is 1. The van der Waals surface area contributed by atoms with E-state index in [0.29, 0.717) is 59.3 Å². The van der Waals surface area contributed by atoms with Gasteiger partial charge in [0, 0.05) is 172 Å². The summed E-state index contributed by atoms with van der Waals surface area (Å²) in [5.74, 6) is -0.196. The molecule has 0 unspecified atom stereocenters. The lowest BCUT2D eigenvalue weighted by Gasteiger charge is -2.34. The fraction of sp³-hybridized carbons (Fsp3) is 0.368. The molecule has 1 saturated heterocycles. The second kappa shape index (κ2) is 49.1. The molecule has 0 saturated carbocycles. The van der Waals surface area contributed by atoms with Crippen LogP contribution in [0.2, 0.25) is 0 Å². The number of anilines is 4. The summed E-state index contributed by atoms with van der Waals surface area (Å²) in [5.41, 5.74) is 22.5. The summed E-state index contributed by atoms with van der Waals surface area (Å²) < 4.78 is 4.53. The van der Waals surface area contributed by atoms with Crippen molar-refractivity contribution in [3.63, 3.8) is 0 Å². The number of para-hydroxylation sites is 5. The smallest absolute Gasteiger partial charge is 0.293 e. The highest BCUT2D eigenvalue weighted by molar-refractivity contribution is 8.18. The number of hydrogen-bond acceptors (Lipinski definition) is 10. The maximum atomic E-state index is 12.0. The van der Waals surface area contributed by atoms with Crippen LogP contribution in [-0.2, 0) is 56.7 Å². The van der Waals surface area contributed by atoms with Crippen LogP contribution >= 0.6 is 11.8 Å². The van der Waals surface area contributed by atoms with E-state index in [2.05, 4.69) is 448 Å². The van der Waals surface area contributed by atoms with Crippen molar-refractivity contribution in [2.75, 3.05) is 45.8 Å². The minimum atomic E-state index is -0.196. The van der Waals surface area contributed by atoms with Crippen LogP contribution in [0.5, 0.6) is 0 Å². The largest absolute Gasteiger partial charge is 0.371 e. The van der Waals surface area contributed by atoms with Crippen LogP contribution in [0, 0.1) is 0 Å². The van der Waals surface area contributed by atoms with Crippen molar-refractivity contribution in [3.05, 3.63) is 364 Å². The Bertz CT molecular complexity index is 5600. The maximum absolute atomic E-state index is 12.0. The van der Waals surface area contributed by atoms with Gasteiger partial charge in [0.05, 0.1) is 4.91 Å². The molecule has 0 aliphatic carbocycles. The van der Waals surface area contributed by atoms with E-state index in [1.54, 1.807) is 11.6 Å². The third kappa shape index (κ3) is 27.6. The molecule has 12 aromatic rings. The predicted molar refractivity (Wildman–Crippen MR) is 561 cm³/mol. The van der Waals surface area contributed by atoms with Crippen molar-refractivity contribution in [3.8, 4) is 0 Å². The number of carbonyl (C=O) groups is 2. The fourth-order valence-corrected chi connectivity index (χ4v) is 18.4. The molecule has 2 aromatic heterocycles. The van der Waals surface area contributed by atoms with Crippen LogP contribution in [0.15, 0.2) is 303 Å². The Kier molecular flexibility index (Phi) is 37.4. The monoisotopic (exact) mass is 1760 g/mol. The van der Waals surface area contributed by atoms with Crippen LogP contribution in [0.4, 0.5) is 27.5 Å². The van der Waals surface area contributed by atoms with Gasteiger partial charge in [-0.1, -0.05) is 237 Å². The van der Waals surface area contributed by atoms with Gasteiger partial charge in [-0.3, -0.25) is 24.3 Å². The molecule has 8 aliphatic rings. The number of rotatable bonds is 11. The van der Waals surface area contributed by atoms with E-state index in [1.165, 1.54) is 145 Å². The van der Waals surface area contributed by atoms with Gasteiger partial charge in [-0.2, -0.15) is 0 Å². The normalized spacial score (nSPS) is 15.3. The molecule has 10 aromatic carbocycles. The molecule has 0 spiro atoms. The molecule has 12 nitrogen and oxygen atoms in total. The van der Waals surface area contributed by atoms with Gasteiger partial charge in [0.2, 0.25) is 0 Å². The maximum Gasteiger partial charge on any atom is 0.293 e. The Morgan fingerprint density at radius 3 is 1.36 bits per heavy atom. The Labute approximate surface area is 785 Å².